The summed E-state index contributed by atoms with van der Waals surface area (Å²) in [6.07, 6.45) is -4.78. The highest BCUT2D eigenvalue weighted by Crippen LogP contribution is 2.31. The van der Waals surface area contributed by atoms with E-state index >= 15 is 0 Å². The van der Waals surface area contributed by atoms with Gasteiger partial charge in [0.2, 0.25) is 0 Å². The van der Waals surface area contributed by atoms with Gasteiger partial charge in [-0.05, 0) is 17.5 Å². The van der Waals surface area contributed by atoms with Crippen molar-refractivity contribution in [3.63, 3.8) is 0 Å². The van der Waals surface area contributed by atoms with Crippen molar-refractivity contribution >= 4 is 0 Å². The van der Waals surface area contributed by atoms with E-state index in [1.165, 1.54) is 0 Å². The summed E-state index contributed by atoms with van der Waals surface area (Å²) >= 11 is 0. The van der Waals surface area contributed by atoms with Crippen LogP contribution in [0.15, 0.2) is 24.5 Å². The standard InChI is InChI=1S/C12H13F3N4O/c1-7(2)8-3-4-10(16-5-8)19-6-9(17-18-19)11(20)12(13,14)15/h3-7,11,20H,1-2H3. The molecule has 1 unspecified atom stereocenters. The smallest absolute Gasteiger partial charge is 0.378 e. The zero-order valence-electron chi connectivity index (χ0n) is 10.8. The number of pyridine rings is 1. The molecule has 108 valence electrons. The molecule has 0 aromatic carbocycles. The Hall–Kier alpha value is -1.96. The normalized spacial score (nSPS) is 13.8. The maximum absolute atomic E-state index is 12.3. The first-order valence-electron chi connectivity index (χ1n) is 5.92. The molecule has 0 fully saturated rings. The number of rotatable bonds is 3. The third-order valence-corrected chi connectivity index (χ3v) is 2.77. The Morgan fingerprint density at radius 3 is 2.45 bits per heavy atom. The Kier molecular flexibility index (Phi) is 3.76. The minimum atomic E-state index is -4.77. The molecule has 0 aliphatic heterocycles. The summed E-state index contributed by atoms with van der Waals surface area (Å²) in [5.41, 5.74) is 0.441. The fraction of sp³-hybridized carbons (Fsp3) is 0.417. The molecule has 0 amide bonds. The van der Waals surface area contributed by atoms with E-state index in [2.05, 4.69) is 15.3 Å². The van der Waals surface area contributed by atoms with E-state index in [1.807, 2.05) is 19.9 Å². The van der Waals surface area contributed by atoms with Crippen LogP contribution in [0.1, 0.15) is 37.1 Å². The Morgan fingerprint density at radius 2 is 1.95 bits per heavy atom. The minimum Gasteiger partial charge on any atom is -0.378 e. The molecule has 0 saturated heterocycles. The summed E-state index contributed by atoms with van der Waals surface area (Å²) in [6, 6.07) is 3.45. The van der Waals surface area contributed by atoms with Gasteiger partial charge in [0.25, 0.3) is 0 Å². The number of alkyl halides is 3. The highest BCUT2D eigenvalue weighted by molar-refractivity contribution is 5.26. The Bertz CT molecular complexity index is 577. The van der Waals surface area contributed by atoms with Crippen molar-refractivity contribution in [1.82, 2.24) is 20.0 Å². The molecule has 5 nitrogen and oxygen atoms in total. The number of hydrogen-bond acceptors (Lipinski definition) is 4. The van der Waals surface area contributed by atoms with Gasteiger partial charge in [-0.25, -0.2) is 9.67 Å². The van der Waals surface area contributed by atoms with E-state index in [0.717, 1.165) is 16.4 Å². The van der Waals surface area contributed by atoms with Gasteiger partial charge < -0.3 is 5.11 Å². The summed E-state index contributed by atoms with van der Waals surface area (Å²) < 4.78 is 38.1. The SMILES string of the molecule is CC(C)c1ccc(-n2cc(C(O)C(F)(F)F)nn2)nc1. The molecule has 0 bridgehead atoms. The van der Waals surface area contributed by atoms with Gasteiger partial charge in [-0.3, -0.25) is 0 Å². The Balaban J connectivity index is 2.24. The summed E-state index contributed by atoms with van der Waals surface area (Å²) in [4.78, 5) is 4.10. The molecule has 1 N–H and O–H groups in total. The number of halogens is 3. The second-order valence-electron chi connectivity index (χ2n) is 4.64. The molecule has 0 spiro atoms. The molecule has 2 aromatic rings. The molecule has 8 heteroatoms. The van der Waals surface area contributed by atoms with Gasteiger partial charge in [-0.1, -0.05) is 25.1 Å². The molecular formula is C12H13F3N4O. The molecular weight excluding hydrogens is 273 g/mol. The van der Waals surface area contributed by atoms with Crippen LogP contribution in [0, 0.1) is 0 Å². The van der Waals surface area contributed by atoms with Crippen LogP contribution in [0.25, 0.3) is 5.82 Å². The number of aliphatic hydroxyl groups excluding tert-OH is 1. The highest BCUT2D eigenvalue weighted by Gasteiger charge is 2.41. The fourth-order valence-corrected chi connectivity index (χ4v) is 1.56. The molecule has 0 radical (unpaired) electrons. The zero-order valence-corrected chi connectivity index (χ0v) is 10.8. The number of aromatic nitrogens is 4. The Morgan fingerprint density at radius 1 is 1.25 bits per heavy atom. The maximum atomic E-state index is 12.3. The van der Waals surface area contributed by atoms with Crippen molar-refractivity contribution in [1.29, 1.82) is 0 Å². The van der Waals surface area contributed by atoms with Gasteiger partial charge >= 0.3 is 6.18 Å². The quantitative estimate of drug-likeness (QED) is 0.941. The van der Waals surface area contributed by atoms with E-state index in [4.69, 9.17) is 5.11 Å². The average Bonchev–Trinajstić information content (AvgIpc) is 2.86. The lowest BCUT2D eigenvalue weighted by Gasteiger charge is -2.10. The topological polar surface area (TPSA) is 63.8 Å². The summed E-state index contributed by atoms with van der Waals surface area (Å²) in [5, 5.41) is 15.9. The van der Waals surface area contributed by atoms with E-state index in [9.17, 15) is 13.2 Å². The lowest BCUT2D eigenvalue weighted by Crippen LogP contribution is -2.20. The van der Waals surface area contributed by atoms with Crippen LogP contribution in [-0.4, -0.2) is 31.3 Å². The van der Waals surface area contributed by atoms with Crippen LogP contribution in [0.4, 0.5) is 13.2 Å². The van der Waals surface area contributed by atoms with Gasteiger partial charge in [0.05, 0.1) is 6.20 Å². The highest BCUT2D eigenvalue weighted by atomic mass is 19.4. The average molecular weight is 286 g/mol. The van der Waals surface area contributed by atoms with Crippen molar-refractivity contribution in [2.45, 2.75) is 32.0 Å². The second-order valence-corrected chi connectivity index (χ2v) is 4.64. The predicted octanol–water partition coefficient (Wildman–Crippen LogP) is 2.38. The monoisotopic (exact) mass is 286 g/mol. The first-order chi connectivity index (χ1) is 9.29. The van der Waals surface area contributed by atoms with Gasteiger partial charge in [-0.2, -0.15) is 13.2 Å². The first-order valence-corrected chi connectivity index (χ1v) is 5.92. The van der Waals surface area contributed by atoms with Crippen LogP contribution < -0.4 is 0 Å². The zero-order chi connectivity index (χ0) is 14.9. The van der Waals surface area contributed by atoms with Gasteiger partial charge in [0.1, 0.15) is 5.69 Å². The largest absolute Gasteiger partial charge is 0.420 e. The van der Waals surface area contributed by atoms with Crippen molar-refractivity contribution in [3.8, 4) is 5.82 Å². The van der Waals surface area contributed by atoms with E-state index in [0.29, 0.717) is 11.7 Å². The third kappa shape index (κ3) is 2.96. The maximum Gasteiger partial charge on any atom is 0.420 e. The Labute approximate surface area is 113 Å². The summed E-state index contributed by atoms with van der Waals surface area (Å²) in [5.74, 6) is 0.637. The first kappa shape index (κ1) is 14.4. The lowest BCUT2D eigenvalue weighted by atomic mass is 10.1. The van der Waals surface area contributed by atoms with Crippen molar-refractivity contribution in [2.75, 3.05) is 0 Å². The molecule has 20 heavy (non-hydrogen) atoms. The van der Waals surface area contributed by atoms with Crippen LogP contribution in [0.3, 0.4) is 0 Å². The lowest BCUT2D eigenvalue weighted by molar-refractivity contribution is -0.208. The molecule has 0 saturated carbocycles. The van der Waals surface area contributed by atoms with Gasteiger partial charge in [0.15, 0.2) is 11.9 Å². The third-order valence-electron chi connectivity index (χ3n) is 2.77. The van der Waals surface area contributed by atoms with Gasteiger partial charge in [0, 0.05) is 6.20 Å². The number of hydrogen-bond donors (Lipinski definition) is 1. The molecule has 0 aliphatic carbocycles. The van der Waals surface area contributed by atoms with Gasteiger partial charge in [-0.15, -0.1) is 5.10 Å². The minimum absolute atomic E-state index is 0.301. The van der Waals surface area contributed by atoms with Crippen LogP contribution in [0.5, 0.6) is 0 Å². The van der Waals surface area contributed by atoms with Crippen LogP contribution >= 0.6 is 0 Å². The molecule has 0 aliphatic rings. The van der Waals surface area contributed by atoms with Crippen molar-refractivity contribution < 1.29 is 18.3 Å². The fourth-order valence-electron chi connectivity index (χ4n) is 1.56. The molecule has 2 rings (SSSR count). The number of aliphatic hydroxyl groups is 1. The second kappa shape index (κ2) is 5.20. The van der Waals surface area contributed by atoms with Crippen molar-refractivity contribution in [2.24, 2.45) is 0 Å². The van der Waals surface area contributed by atoms with Crippen LogP contribution in [0.2, 0.25) is 0 Å². The van der Waals surface area contributed by atoms with E-state index in [1.54, 1.807) is 12.3 Å². The molecule has 2 heterocycles. The summed E-state index contributed by atoms with van der Waals surface area (Å²) in [6.45, 7) is 4.01. The summed E-state index contributed by atoms with van der Waals surface area (Å²) in [7, 11) is 0. The molecule has 2 aromatic heterocycles. The van der Waals surface area contributed by atoms with E-state index in [-0.39, 0.29) is 0 Å². The van der Waals surface area contributed by atoms with E-state index < -0.39 is 18.0 Å². The van der Waals surface area contributed by atoms with Crippen LogP contribution in [-0.2, 0) is 0 Å². The number of nitrogens with zero attached hydrogens (tertiary/aromatic N) is 4. The van der Waals surface area contributed by atoms with Crippen molar-refractivity contribution in [3.05, 3.63) is 35.8 Å². The predicted molar refractivity (Wildman–Crippen MR) is 64.3 cm³/mol. The molecule has 1 atom stereocenters.